The highest BCUT2D eigenvalue weighted by Gasteiger charge is 2.22. The van der Waals surface area contributed by atoms with Crippen molar-refractivity contribution in [3.8, 4) is 0 Å². The maximum Gasteiger partial charge on any atom is 0.255 e. The Morgan fingerprint density at radius 3 is 1.82 bits per heavy atom. The zero-order valence-electron chi connectivity index (χ0n) is 21.0. The molecule has 0 fully saturated rings. The molecule has 0 radical (unpaired) electrons. The minimum absolute atomic E-state index is 0. The second kappa shape index (κ2) is 11.9. The Labute approximate surface area is 209 Å². The van der Waals surface area contributed by atoms with E-state index in [4.69, 9.17) is 11.5 Å². The molecule has 0 spiro atoms. The molecule has 0 bridgehead atoms. The number of hydrogen-bond donors (Lipinski definition) is 4. The van der Waals surface area contributed by atoms with Crippen LogP contribution in [-0.2, 0) is 10.8 Å². The van der Waals surface area contributed by atoms with E-state index in [1.807, 2.05) is 12.1 Å². The highest BCUT2D eigenvalue weighted by atomic mass is 35.5. The number of aliphatic imine (C=N–C) groups is 1. The first-order chi connectivity index (χ1) is 15.3. The van der Waals surface area contributed by atoms with Gasteiger partial charge in [0.1, 0.15) is 0 Å². The number of halogens is 1. The number of nitrogens with zero attached hydrogens (tertiary/aromatic N) is 1. The molecule has 186 valence electrons. The molecule has 0 saturated carbocycles. The summed E-state index contributed by atoms with van der Waals surface area (Å²) in [4.78, 5) is 29.2. The zero-order chi connectivity index (χ0) is 24.8. The predicted molar refractivity (Wildman–Crippen MR) is 143 cm³/mol. The van der Waals surface area contributed by atoms with Gasteiger partial charge in [0.15, 0.2) is 5.96 Å². The van der Waals surface area contributed by atoms with Crippen molar-refractivity contribution < 1.29 is 9.59 Å². The van der Waals surface area contributed by atoms with Gasteiger partial charge < -0.3 is 22.1 Å². The summed E-state index contributed by atoms with van der Waals surface area (Å²) < 4.78 is 0. The molecule has 0 heterocycles. The number of carbonyl (C=O) groups excluding carboxylic acids is 2. The van der Waals surface area contributed by atoms with Gasteiger partial charge in [0.2, 0.25) is 0 Å². The molecule has 0 aromatic heterocycles. The van der Waals surface area contributed by atoms with Crippen LogP contribution in [0.2, 0.25) is 0 Å². The number of carbonyl (C=O) groups is 2. The van der Waals surface area contributed by atoms with E-state index in [0.717, 1.165) is 11.1 Å². The van der Waals surface area contributed by atoms with Gasteiger partial charge in [-0.25, -0.2) is 0 Å². The Balaban J connectivity index is 0.00000578. The van der Waals surface area contributed by atoms with Gasteiger partial charge in [-0.15, -0.1) is 12.4 Å². The molecule has 34 heavy (non-hydrogen) atoms. The maximum atomic E-state index is 13.0. The SMILES string of the molecule is CC(C)(C)c1cc(C(=O)Nc2ccc(C(=O)NCCCN=C(N)N)cc2)cc(C(C)(C)C)c1.Cl. The molecular weight excluding hydrogens is 450 g/mol. The third-order valence-electron chi connectivity index (χ3n) is 5.25. The first-order valence-electron chi connectivity index (χ1n) is 11.2. The minimum atomic E-state index is -0.190. The smallest absolute Gasteiger partial charge is 0.255 e. The van der Waals surface area contributed by atoms with Crippen LogP contribution in [0.3, 0.4) is 0 Å². The summed E-state index contributed by atoms with van der Waals surface area (Å²) in [7, 11) is 0. The molecule has 2 aromatic rings. The van der Waals surface area contributed by atoms with Gasteiger partial charge in [0.25, 0.3) is 11.8 Å². The van der Waals surface area contributed by atoms with Crippen LogP contribution in [0.15, 0.2) is 47.5 Å². The maximum absolute atomic E-state index is 13.0. The quantitative estimate of drug-likeness (QED) is 0.263. The number of amides is 2. The first kappa shape index (κ1) is 29.0. The Morgan fingerprint density at radius 2 is 1.35 bits per heavy atom. The third-order valence-corrected chi connectivity index (χ3v) is 5.25. The monoisotopic (exact) mass is 487 g/mol. The Bertz CT molecular complexity index is 983. The van der Waals surface area contributed by atoms with E-state index in [1.165, 1.54) is 0 Å². The van der Waals surface area contributed by atoms with Crippen LogP contribution in [0, 0.1) is 0 Å². The minimum Gasteiger partial charge on any atom is -0.370 e. The zero-order valence-corrected chi connectivity index (χ0v) is 21.8. The lowest BCUT2D eigenvalue weighted by molar-refractivity contribution is 0.0953. The lowest BCUT2D eigenvalue weighted by Gasteiger charge is -2.26. The number of rotatable bonds is 7. The van der Waals surface area contributed by atoms with Gasteiger partial charge in [-0.05, 0) is 64.8 Å². The van der Waals surface area contributed by atoms with Crippen molar-refractivity contribution in [2.24, 2.45) is 16.5 Å². The van der Waals surface area contributed by atoms with Gasteiger partial charge in [-0.2, -0.15) is 0 Å². The van der Waals surface area contributed by atoms with Crippen LogP contribution < -0.4 is 22.1 Å². The average molecular weight is 488 g/mol. The van der Waals surface area contributed by atoms with Crippen LogP contribution in [0.1, 0.15) is 79.8 Å². The molecule has 2 rings (SSSR count). The topological polar surface area (TPSA) is 123 Å². The molecule has 2 aromatic carbocycles. The molecule has 0 aliphatic carbocycles. The second-order valence-electron chi connectivity index (χ2n) is 10.2. The number of hydrogen-bond acceptors (Lipinski definition) is 3. The summed E-state index contributed by atoms with van der Waals surface area (Å²) in [6.07, 6.45) is 0.641. The second-order valence-corrected chi connectivity index (χ2v) is 10.2. The van der Waals surface area contributed by atoms with Crippen LogP contribution in [0.4, 0.5) is 5.69 Å². The Hall–Kier alpha value is -3.06. The van der Waals surface area contributed by atoms with Crippen LogP contribution >= 0.6 is 12.4 Å². The largest absolute Gasteiger partial charge is 0.370 e. The molecule has 6 N–H and O–H groups in total. The molecule has 0 aliphatic rings. The fourth-order valence-corrected chi connectivity index (χ4v) is 3.12. The number of nitrogens with one attached hydrogen (secondary N) is 2. The van der Waals surface area contributed by atoms with E-state index in [1.54, 1.807) is 24.3 Å². The number of anilines is 1. The third kappa shape index (κ3) is 8.71. The fourth-order valence-electron chi connectivity index (χ4n) is 3.12. The van der Waals surface area contributed by atoms with Crippen molar-refractivity contribution in [3.63, 3.8) is 0 Å². The van der Waals surface area contributed by atoms with Gasteiger partial charge in [0, 0.05) is 29.9 Å². The average Bonchev–Trinajstić information content (AvgIpc) is 2.72. The van der Waals surface area contributed by atoms with Crippen LogP contribution in [-0.4, -0.2) is 30.9 Å². The summed E-state index contributed by atoms with van der Waals surface area (Å²) >= 11 is 0. The van der Waals surface area contributed by atoms with E-state index in [0.29, 0.717) is 36.3 Å². The van der Waals surface area contributed by atoms with Gasteiger partial charge >= 0.3 is 0 Å². The van der Waals surface area contributed by atoms with E-state index in [9.17, 15) is 9.59 Å². The first-order valence-corrected chi connectivity index (χ1v) is 11.2. The molecule has 7 nitrogen and oxygen atoms in total. The van der Waals surface area contributed by atoms with Crippen molar-refractivity contribution in [3.05, 3.63) is 64.7 Å². The molecule has 0 unspecified atom stereocenters. The Kier molecular flexibility index (Phi) is 10.1. The van der Waals surface area contributed by atoms with E-state index >= 15 is 0 Å². The highest BCUT2D eigenvalue weighted by Crippen LogP contribution is 2.30. The Morgan fingerprint density at radius 1 is 0.824 bits per heavy atom. The van der Waals surface area contributed by atoms with Gasteiger partial charge in [0.05, 0.1) is 0 Å². The van der Waals surface area contributed by atoms with Crippen LogP contribution in [0.25, 0.3) is 0 Å². The summed E-state index contributed by atoms with van der Waals surface area (Å²) in [5.41, 5.74) is 14.4. The molecule has 2 amide bonds. The van der Waals surface area contributed by atoms with Crippen molar-refractivity contribution >= 4 is 35.9 Å². The highest BCUT2D eigenvalue weighted by molar-refractivity contribution is 6.05. The summed E-state index contributed by atoms with van der Waals surface area (Å²) in [6, 6.07) is 12.9. The fraction of sp³-hybridized carbons (Fsp3) is 0.423. The van der Waals surface area contributed by atoms with Gasteiger partial charge in [-0.1, -0.05) is 47.6 Å². The molecular formula is C26H38ClN5O2. The van der Waals surface area contributed by atoms with Crippen molar-refractivity contribution in [2.45, 2.75) is 58.8 Å². The van der Waals surface area contributed by atoms with E-state index in [2.05, 4.69) is 63.2 Å². The molecule has 8 heteroatoms. The van der Waals surface area contributed by atoms with E-state index in [-0.39, 0.29) is 41.0 Å². The van der Waals surface area contributed by atoms with Crippen molar-refractivity contribution in [1.82, 2.24) is 5.32 Å². The van der Waals surface area contributed by atoms with Crippen molar-refractivity contribution in [1.29, 1.82) is 0 Å². The lowest BCUT2D eigenvalue weighted by atomic mass is 9.79. The van der Waals surface area contributed by atoms with E-state index < -0.39 is 0 Å². The number of benzene rings is 2. The summed E-state index contributed by atoms with van der Waals surface area (Å²) in [5, 5.41) is 5.77. The summed E-state index contributed by atoms with van der Waals surface area (Å²) in [6.45, 7) is 13.8. The summed E-state index contributed by atoms with van der Waals surface area (Å²) in [5.74, 6) is -0.326. The van der Waals surface area contributed by atoms with Gasteiger partial charge in [-0.3, -0.25) is 14.6 Å². The molecule has 0 atom stereocenters. The molecule has 0 saturated heterocycles. The molecule has 0 aliphatic heterocycles. The van der Waals surface area contributed by atoms with Crippen molar-refractivity contribution in [2.75, 3.05) is 18.4 Å². The normalized spacial score (nSPS) is 11.2. The lowest BCUT2D eigenvalue weighted by Crippen LogP contribution is -2.26. The standard InChI is InChI=1S/C26H37N5O2.ClH/c1-25(2,3)19-14-18(15-20(16-19)26(4,5)6)23(33)31-21-10-8-17(9-11-21)22(32)29-12-7-13-30-24(27)28;/h8-11,14-16H,7,12-13H2,1-6H3,(H,29,32)(H,31,33)(H4,27,28,30);1H. The van der Waals surface area contributed by atoms with Crippen LogP contribution in [0.5, 0.6) is 0 Å². The number of nitrogens with two attached hydrogens (primary N) is 2. The number of guanidine groups is 1. The predicted octanol–water partition coefficient (Wildman–Crippen LogP) is 4.35.